The van der Waals surface area contributed by atoms with Crippen LogP contribution in [0.5, 0.6) is 0 Å². The summed E-state index contributed by atoms with van der Waals surface area (Å²) in [7, 11) is 0. The third-order valence-corrected chi connectivity index (χ3v) is 8.94. The first-order chi connectivity index (χ1) is 22.5. The molecule has 2 fully saturated rings. The van der Waals surface area contributed by atoms with Gasteiger partial charge in [-0.25, -0.2) is 0 Å². The maximum Gasteiger partial charge on any atom is 0.257 e. The molecule has 0 saturated carbocycles. The van der Waals surface area contributed by atoms with Crippen molar-refractivity contribution < 1.29 is 9.59 Å². The van der Waals surface area contributed by atoms with E-state index >= 15 is 0 Å². The van der Waals surface area contributed by atoms with Gasteiger partial charge < -0.3 is 20.4 Å². The molecule has 2 aliphatic rings. The summed E-state index contributed by atoms with van der Waals surface area (Å²) in [5.74, 6) is -0.365. The van der Waals surface area contributed by atoms with Crippen molar-refractivity contribution in [1.29, 1.82) is 0 Å². The van der Waals surface area contributed by atoms with Crippen LogP contribution in [-0.4, -0.2) is 79.1 Å². The SMILES string of the molecule is O=C(NC(=S)Nc1cc(C(=O)N2CCNCC2)ccc1N1CCN(C(c2ccccc2)c2ccccc2)CC1)c1ccc(Cl)cc1. The summed E-state index contributed by atoms with van der Waals surface area (Å²) in [6, 6.07) is 33.8. The zero-order valence-corrected chi connectivity index (χ0v) is 27.1. The fourth-order valence-electron chi connectivity index (χ4n) is 6.13. The fraction of sp³-hybridized carbons (Fsp3) is 0.250. The van der Waals surface area contributed by atoms with Crippen LogP contribution in [0, 0.1) is 0 Å². The van der Waals surface area contributed by atoms with E-state index in [-0.39, 0.29) is 23.0 Å². The number of hydrogen-bond acceptors (Lipinski definition) is 6. The molecule has 10 heteroatoms. The lowest BCUT2D eigenvalue weighted by Crippen LogP contribution is -2.48. The highest BCUT2D eigenvalue weighted by Crippen LogP contribution is 2.33. The number of carbonyl (C=O) groups excluding carboxylic acids is 2. The van der Waals surface area contributed by atoms with Crippen molar-refractivity contribution >= 4 is 52.1 Å². The van der Waals surface area contributed by atoms with E-state index in [4.69, 9.17) is 23.8 Å². The number of piperazine rings is 2. The van der Waals surface area contributed by atoms with Gasteiger partial charge in [0.05, 0.1) is 17.4 Å². The maximum atomic E-state index is 13.4. The molecule has 2 amide bonds. The Balaban J connectivity index is 1.22. The molecule has 2 saturated heterocycles. The first-order valence-electron chi connectivity index (χ1n) is 15.6. The van der Waals surface area contributed by atoms with E-state index < -0.39 is 0 Å². The number of nitrogens with zero attached hydrogens (tertiary/aromatic N) is 3. The highest BCUT2D eigenvalue weighted by Gasteiger charge is 2.28. The van der Waals surface area contributed by atoms with Gasteiger partial charge in [0.15, 0.2) is 5.11 Å². The second kappa shape index (κ2) is 14.9. The fourth-order valence-corrected chi connectivity index (χ4v) is 6.46. The van der Waals surface area contributed by atoms with Crippen molar-refractivity contribution in [1.82, 2.24) is 20.4 Å². The van der Waals surface area contributed by atoms with E-state index in [1.807, 2.05) is 23.1 Å². The zero-order valence-electron chi connectivity index (χ0n) is 25.5. The average Bonchev–Trinajstić information content (AvgIpc) is 3.10. The van der Waals surface area contributed by atoms with E-state index in [1.165, 1.54) is 11.1 Å². The Bertz CT molecular complexity index is 1620. The summed E-state index contributed by atoms with van der Waals surface area (Å²) in [6.45, 7) is 6.09. The van der Waals surface area contributed by atoms with Crippen LogP contribution in [0.25, 0.3) is 0 Å². The van der Waals surface area contributed by atoms with E-state index in [2.05, 4.69) is 86.4 Å². The molecule has 3 N–H and O–H groups in total. The van der Waals surface area contributed by atoms with E-state index in [9.17, 15) is 9.59 Å². The van der Waals surface area contributed by atoms with Crippen molar-refractivity contribution in [2.75, 3.05) is 62.6 Å². The number of benzene rings is 4. The van der Waals surface area contributed by atoms with Crippen molar-refractivity contribution in [3.8, 4) is 0 Å². The van der Waals surface area contributed by atoms with Gasteiger partial charge in [-0.1, -0.05) is 72.3 Å². The van der Waals surface area contributed by atoms with Crippen molar-refractivity contribution in [2.45, 2.75) is 6.04 Å². The number of carbonyl (C=O) groups is 2. The van der Waals surface area contributed by atoms with Gasteiger partial charge in [-0.15, -0.1) is 0 Å². The molecule has 0 bridgehead atoms. The Morgan fingerprint density at radius 3 is 1.93 bits per heavy atom. The summed E-state index contributed by atoms with van der Waals surface area (Å²) in [4.78, 5) is 33.0. The largest absolute Gasteiger partial charge is 0.367 e. The van der Waals surface area contributed by atoms with Crippen LogP contribution in [0.3, 0.4) is 0 Å². The molecule has 2 heterocycles. The summed E-state index contributed by atoms with van der Waals surface area (Å²) < 4.78 is 0. The third-order valence-electron chi connectivity index (χ3n) is 8.48. The average molecular weight is 653 g/mol. The van der Waals surface area contributed by atoms with Crippen LogP contribution < -0.4 is 20.9 Å². The number of thiocarbonyl (C=S) groups is 1. The number of anilines is 2. The van der Waals surface area contributed by atoms with Crippen molar-refractivity contribution in [2.24, 2.45) is 0 Å². The first-order valence-corrected chi connectivity index (χ1v) is 16.4. The molecular formula is C36H37ClN6O2S. The molecule has 0 radical (unpaired) electrons. The normalized spacial score (nSPS) is 15.4. The Morgan fingerprint density at radius 1 is 0.739 bits per heavy atom. The summed E-state index contributed by atoms with van der Waals surface area (Å²) in [5, 5.41) is 10.0. The summed E-state index contributed by atoms with van der Waals surface area (Å²) in [6.07, 6.45) is 0. The van der Waals surface area contributed by atoms with E-state index in [0.29, 0.717) is 34.9 Å². The third kappa shape index (κ3) is 7.57. The highest BCUT2D eigenvalue weighted by molar-refractivity contribution is 7.80. The molecule has 6 rings (SSSR count). The van der Waals surface area contributed by atoms with Crippen LogP contribution in [0.4, 0.5) is 11.4 Å². The van der Waals surface area contributed by atoms with Gasteiger partial charge in [-0.05, 0) is 65.8 Å². The molecule has 236 valence electrons. The van der Waals surface area contributed by atoms with Crippen LogP contribution in [-0.2, 0) is 0 Å². The van der Waals surface area contributed by atoms with E-state index in [0.717, 1.165) is 45.0 Å². The number of halogens is 1. The molecule has 0 spiro atoms. The Hall–Kier alpha value is -4.28. The van der Waals surface area contributed by atoms with Crippen LogP contribution in [0.15, 0.2) is 103 Å². The molecule has 0 unspecified atom stereocenters. The standard InChI is InChI=1S/C36H37ClN6O2S/c37-30-14-11-28(12-15-30)34(44)40-36(46)39-31-25-29(35(45)43-19-17-38-18-20-43)13-16-32(31)41-21-23-42(24-22-41)33(26-7-3-1-4-8-26)27-9-5-2-6-10-27/h1-16,25,33,38H,17-24H2,(H2,39,40,44,46). The minimum absolute atomic E-state index is 0.0226. The molecule has 46 heavy (non-hydrogen) atoms. The van der Waals surface area contributed by atoms with Gasteiger partial charge in [-0.2, -0.15) is 0 Å². The van der Waals surface area contributed by atoms with Gasteiger partial charge >= 0.3 is 0 Å². The molecule has 0 aliphatic carbocycles. The van der Waals surface area contributed by atoms with Gasteiger partial charge in [0.1, 0.15) is 0 Å². The Kier molecular flexibility index (Phi) is 10.2. The molecule has 8 nitrogen and oxygen atoms in total. The minimum atomic E-state index is -0.342. The van der Waals surface area contributed by atoms with Gasteiger partial charge in [0, 0.05) is 68.5 Å². The monoisotopic (exact) mass is 652 g/mol. The molecule has 4 aromatic carbocycles. The van der Waals surface area contributed by atoms with Gasteiger partial charge in [0.2, 0.25) is 0 Å². The van der Waals surface area contributed by atoms with Crippen LogP contribution in [0.2, 0.25) is 5.02 Å². The number of nitrogens with one attached hydrogen (secondary N) is 3. The predicted octanol–water partition coefficient (Wildman–Crippen LogP) is 5.42. The summed E-state index contributed by atoms with van der Waals surface area (Å²) >= 11 is 11.6. The Labute approximate surface area is 280 Å². The zero-order chi connectivity index (χ0) is 31.9. The lowest BCUT2D eigenvalue weighted by Gasteiger charge is -2.41. The van der Waals surface area contributed by atoms with Crippen molar-refractivity contribution in [3.05, 3.63) is 130 Å². The number of amides is 2. The highest BCUT2D eigenvalue weighted by atomic mass is 35.5. The first kappa shape index (κ1) is 31.7. The quantitative estimate of drug-likeness (QED) is 0.230. The maximum absolute atomic E-state index is 13.4. The number of hydrogen-bond donors (Lipinski definition) is 3. The number of rotatable bonds is 7. The van der Waals surface area contributed by atoms with Crippen LogP contribution in [0.1, 0.15) is 37.9 Å². The summed E-state index contributed by atoms with van der Waals surface area (Å²) in [5.41, 5.74) is 5.16. The molecule has 4 aromatic rings. The van der Waals surface area contributed by atoms with Gasteiger partial charge in [-0.3, -0.25) is 19.8 Å². The molecule has 0 atom stereocenters. The smallest absolute Gasteiger partial charge is 0.257 e. The second-order valence-electron chi connectivity index (χ2n) is 11.4. The lowest BCUT2D eigenvalue weighted by atomic mass is 9.96. The minimum Gasteiger partial charge on any atom is -0.367 e. The second-order valence-corrected chi connectivity index (χ2v) is 12.3. The molecular weight excluding hydrogens is 616 g/mol. The van der Waals surface area contributed by atoms with Gasteiger partial charge in [0.25, 0.3) is 11.8 Å². The van der Waals surface area contributed by atoms with E-state index in [1.54, 1.807) is 24.3 Å². The predicted molar refractivity (Wildman–Crippen MR) is 189 cm³/mol. The molecule has 2 aliphatic heterocycles. The van der Waals surface area contributed by atoms with Crippen LogP contribution >= 0.6 is 23.8 Å². The molecule has 0 aromatic heterocycles. The van der Waals surface area contributed by atoms with Crippen molar-refractivity contribution in [3.63, 3.8) is 0 Å². The topological polar surface area (TPSA) is 79.9 Å². The Morgan fingerprint density at radius 2 is 1.33 bits per heavy atom. The lowest BCUT2D eigenvalue weighted by molar-refractivity contribution is 0.0735.